The van der Waals surface area contributed by atoms with Gasteiger partial charge in [0.1, 0.15) is 11.6 Å². The molecule has 2 rings (SSSR count). The zero-order valence-corrected chi connectivity index (χ0v) is 9.79. The van der Waals surface area contributed by atoms with Crippen LogP contribution in [0.25, 0.3) is 0 Å². The lowest BCUT2D eigenvalue weighted by molar-refractivity contribution is 0.609. The number of nitrogens with one attached hydrogen (secondary N) is 1. The highest BCUT2D eigenvalue weighted by Crippen LogP contribution is 2.16. The van der Waals surface area contributed by atoms with Gasteiger partial charge >= 0.3 is 0 Å². The lowest BCUT2D eigenvalue weighted by Gasteiger charge is -2.11. The summed E-state index contributed by atoms with van der Waals surface area (Å²) in [6.07, 6.45) is 0. The number of hydrogen-bond acceptors (Lipinski definition) is 2. The third-order valence-electron chi connectivity index (χ3n) is 2.73. The Balaban J connectivity index is 2.15. The Hall–Kier alpha value is -1.94. The molecule has 18 heavy (non-hydrogen) atoms. The lowest BCUT2D eigenvalue weighted by atomic mass is 10.1. The minimum absolute atomic E-state index is 0.276. The average Bonchev–Trinajstić information content (AvgIpc) is 2.37. The topological polar surface area (TPSA) is 38.0 Å². The van der Waals surface area contributed by atoms with Crippen molar-refractivity contribution >= 4 is 5.69 Å². The second-order valence-corrected chi connectivity index (χ2v) is 3.95. The van der Waals surface area contributed by atoms with Crippen LogP contribution in [-0.4, -0.2) is 0 Å². The van der Waals surface area contributed by atoms with E-state index < -0.39 is 0 Å². The Bertz CT molecular complexity index is 541. The lowest BCUT2D eigenvalue weighted by Crippen LogP contribution is -2.08. The summed E-state index contributed by atoms with van der Waals surface area (Å²) in [7, 11) is 0. The van der Waals surface area contributed by atoms with Gasteiger partial charge in [0.05, 0.1) is 0 Å². The summed E-state index contributed by atoms with van der Waals surface area (Å²) in [6, 6.07) is 10.9. The van der Waals surface area contributed by atoms with E-state index >= 15 is 0 Å². The molecule has 0 heterocycles. The first kappa shape index (κ1) is 12.5. The van der Waals surface area contributed by atoms with Crippen molar-refractivity contribution in [1.29, 1.82) is 0 Å². The van der Waals surface area contributed by atoms with Gasteiger partial charge in [-0.1, -0.05) is 18.2 Å². The third kappa shape index (κ3) is 2.84. The Kier molecular flexibility index (Phi) is 3.89. The molecule has 2 nitrogen and oxygen atoms in total. The molecule has 0 amide bonds. The Morgan fingerprint density at radius 2 is 1.83 bits per heavy atom. The van der Waals surface area contributed by atoms with Gasteiger partial charge in [0.25, 0.3) is 0 Å². The monoisotopic (exact) mass is 248 g/mol. The molecule has 4 heteroatoms. The fourth-order valence-electron chi connectivity index (χ4n) is 1.78. The summed E-state index contributed by atoms with van der Waals surface area (Å²) in [4.78, 5) is 0. The van der Waals surface area contributed by atoms with E-state index in [9.17, 15) is 8.78 Å². The van der Waals surface area contributed by atoms with Crippen molar-refractivity contribution in [3.05, 3.63) is 65.2 Å². The summed E-state index contributed by atoms with van der Waals surface area (Å²) in [5.41, 5.74) is 7.44. The molecule has 0 saturated heterocycles. The average molecular weight is 248 g/mol. The molecule has 0 aromatic heterocycles. The molecule has 3 N–H and O–H groups in total. The first-order valence-electron chi connectivity index (χ1n) is 5.66. The van der Waals surface area contributed by atoms with Crippen molar-refractivity contribution in [3.63, 3.8) is 0 Å². The fourth-order valence-corrected chi connectivity index (χ4v) is 1.78. The molecule has 0 bridgehead atoms. The van der Waals surface area contributed by atoms with E-state index in [1.807, 2.05) is 0 Å². The molecule has 0 aliphatic carbocycles. The number of rotatable bonds is 4. The normalized spacial score (nSPS) is 10.4. The smallest absolute Gasteiger partial charge is 0.128 e. The van der Waals surface area contributed by atoms with Crippen LogP contribution in [0.1, 0.15) is 11.1 Å². The van der Waals surface area contributed by atoms with E-state index in [2.05, 4.69) is 5.32 Å². The van der Waals surface area contributed by atoms with Crippen molar-refractivity contribution < 1.29 is 8.78 Å². The van der Waals surface area contributed by atoms with Gasteiger partial charge in [0.2, 0.25) is 0 Å². The van der Waals surface area contributed by atoms with E-state index in [4.69, 9.17) is 5.73 Å². The van der Waals surface area contributed by atoms with Crippen LogP contribution >= 0.6 is 0 Å². The summed E-state index contributed by atoms with van der Waals surface area (Å²) >= 11 is 0. The molecular weight excluding hydrogens is 234 g/mol. The molecule has 0 aliphatic rings. The van der Waals surface area contributed by atoms with E-state index in [0.29, 0.717) is 11.3 Å². The highest BCUT2D eigenvalue weighted by atomic mass is 19.1. The molecule has 0 atom stereocenters. The van der Waals surface area contributed by atoms with Crippen LogP contribution in [0, 0.1) is 11.6 Å². The molecule has 0 unspecified atom stereocenters. The van der Waals surface area contributed by atoms with Crippen LogP contribution in [0.3, 0.4) is 0 Å². The van der Waals surface area contributed by atoms with Gasteiger partial charge in [-0.3, -0.25) is 0 Å². The van der Waals surface area contributed by atoms with E-state index in [0.717, 1.165) is 5.56 Å². The highest BCUT2D eigenvalue weighted by molar-refractivity contribution is 5.44. The predicted molar refractivity (Wildman–Crippen MR) is 68.0 cm³/mol. The van der Waals surface area contributed by atoms with Crippen molar-refractivity contribution in [2.75, 3.05) is 5.32 Å². The molecule has 2 aromatic carbocycles. The zero-order chi connectivity index (χ0) is 13.0. The van der Waals surface area contributed by atoms with Crippen molar-refractivity contribution in [2.24, 2.45) is 5.73 Å². The van der Waals surface area contributed by atoms with Crippen molar-refractivity contribution in [3.8, 4) is 0 Å². The Labute approximate surface area is 104 Å². The number of anilines is 1. The Morgan fingerprint density at radius 3 is 2.56 bits per heavy atom. The van der Waals surface area contributed by atoms with Gasteiger partial charge < -0.3 is 11.1 Å². The van der Waals surface area contributed by atoms with Crippen molar-refractivity contribution in [2.45, 2.75) is 13.1 Å². The van der Waals surface area contributed by atoms with Crippen LogP contribution in [0.15, 0.2) is 42.5 Å². The maximum atomic E-state index is 13.6. The number of nitrogens with two attached hydrogens (primary N) is 1. The first-order chi connectivity index (χ1) is 8.70. The van der Waals surface area contributed by atoms with Crippen LogP contribution < -0.4 is 11.1 Å². The molecular formula is C14H14F2N2. The van der Waals surface area contributed by atoms with Crippen LogP contribution in [0.2, 0.25) is 0 Å². The molecule has 94 valence electrons. The van der Waals surface area contributed by atoms with E-state index in [1.165, 1.54) is 18.2 Å². The summed E-state index contributed by atoms with van der Waals surface area (Å²) in [5.74, 6) is -0.630. The summed E-state index contributed by atoms with van der Waals surface area (Å²) in [6.45, 7) is 0.556. The van der Waals surface area contributed by atoms with Crippen molar-refractivity contribution in [1.82, 2.24) is 0 Å². The summed E-state index contributed by atoms with van der Waals surface area (Å²) in [5, 5.41) is 2.98. The second-order valence-electron chi connectivity index (χ2n) is 3.95. The maximum Gasteiger partial charge on any atom is 0.128 e. The van der Waals surface area contributed by atoms with E-state index in [1.54, 1.807) is 24.3 Å². The van der Waals surface area contributed by atoms with E-state index in [-0.39, 0.29) is 24.7 Å². The zero-order valence-electron chi connectivity index (χ0n) is 9.79. The number of hydrogen-bond donors (Lipinski definition) is 2. The van der Waals surface area contributed by atoms with Crippen LogP contribution in [0.4, 0.5) is 14.5 Å². The largest absolute Gasteiger partial charge is 0.381 e. The fraction of sp³-hybridized carbons (Fsp3) is 0.143. The predicted octanol–water partition coefficient (Wildman–Crippen LogP) is 3.04. The van der Waals surface area contributed by atoms with Gasteiger partial charge in [-0.2, -0.15) is 0 Å². The molecule has 2 aromatic rings. The molecule has 0 fully saturated rings. The highest BCUT2D eigenvalue weighted by Gasteiger charge is 2.07. The maximum absolute atomic E-state index is 13.6. The van der Waals surface area contributed by atoms with Gasteiger partial charge in [0, 0.05) is 24.3 Å². The minimum Gasteiger partial charge on any atom is -0.381 e. The molecule has 0 radical (unpaired) electrons. The third-order valence-corrected chi connectivity index (χ3v) is 2.73. The number of benzene rings is 2. The quantitative estimate of drug-likeness (QED) is 0.872. The van der Waals surface area contributed by atoms with Gasteiger partial charge in [-0.15, -0.1) is 0 Å². The molecule has 0 saturated carbocycles. The molecule has 0 aliphatic heterocycles. The standard InChI is InChI=1S/C14H14F2N2/c15-11-4-2-5-12(7-11)18-9-13-10(8-17)3-1-6-14(13)16/h1-7,18H,8-9,17H2. The SMILES string of the molecule is NCc1cccc(F)c1CNc1cccc(F)c1. The van der Waals surface area contributed by atoms with Crippen LogP contribution in [-0.2, 0) is 13.1 Å². The first-order valence-corrected chi connectivity index (χ1v) is 5.66. The van der Waals surface area contributed by atoms with Gasteiger partial charge in [-0.25, -0.2) is 8.78 Å². The summed E-state index contributed by atoms with van der Waals surface area (Å²) < 4.78 is 26.6. The Morgan fingerprint density at radius 1 is 1.06 bits per heavy atom. The number of halogens is 2. The second kappa shape index (κ2) is 5.60. The van der Waals surface area contributed by atoms with Gasteiger partial charge in [-0.05, 0) is 29.8 Å². The van der Waals surface area contributed by atoms with Gasteiger partial charge in [0.15, 0.2) is 0 Å². The minimum atomic E-state index is -0.326. The van der Waals surface area contributed by atoms with Crippen LogP contribution in [0.5, 0.6) is 0 Å². The molecule has 0 spiro atoms.